The Labute approximate surface area is 108 Å². The van der Waals surface area contributed by atoms with E-state index in [1.807, 2.05) is 7.05 Å². The molecule has 0 bridgehead atoms. The van der Waals surface area contributed by atoms with Gasteiger partial charge in [-0.1, -0.05) is 6.42 Å². The monoisotopic (exact) mass is 247 g/mol. The summed E-state index contributed by atoms with van der Waals surface area (Å²) in [7, 11) is 1.94. The Morgan fingerprint density at radius 3 is 2.94 bits per heavy atom. The standard InChI is InChI=1S/C13H21N5/c1-14-12-9-8-15-7-5-10(9)17-13(18-12)11-4-2-3-6-16-11/h11,15-16H,2-8H2,1H3,(H,14,17,18). The molecule has 3 rings (SSSR count). The van der Waals surface area contributed by atoms with Crippen LogP contribution in [0.25, 0.3) is 0 Å². The highest BCUT2D eigenvalue weighted by atomic mass is 15.1. The largest absolute Gasteiger partial charge is 0.373 e. The van der Waals surface area contributed by atoms with Crippen molar-refractivity contribution in [3.8, 4) is 0 Å². The average Bonchev–Trinajstić information content (AvgIpc) is 2.47. The molecule has 5 heteroatoms. The van der Waals surface area contributed by atoms with Crippen LogP contribution in [-0.4, -0.2) is 30.1 Å². The molecule has 5 nitrogen and oxygen atoms in total. The van der Waals surface area contributed by atoms with Crippen molar-refractivity contribution >= 4 is 5.82 Å². The summed E-state index contributed by atoms with van der Waals surface area (Å²) in [5.41, 5.74) is 2.46. The molecule has 1 aromatic heterocycles. The van der Waals surface area contributed by atoms with Crippen molar-refractivity contribution in [1.29, 1.82) is 0 Å². The van der Waals surface area contributed by atoms with Crippen molar-refractivity contribution in [3.63, 3.8) is 0 Å². The van der Waals surface area contributed by atoms with Gasteiger partial charge in [-0.25, -0.2) is 9.97 Å². The molecule has 3 heterocycles. The number of rotatable bonds is 2. The highest BCUT2D eigenvalue weighted by Gasteiger charge is 2.22. The van der Waals surface area contributed by atoms with Crippen molar-refractivity contribution in [2.45, 2.75) is 38.3 Å². The number of hydrogen-bond acceptors (Lipinski definition) is 5. The summed E-state index contributed by atoms with van der Waals surface area (Å²) in [5.74, 6) is 1.97. The van der Waals surface area contributed by atoms with Crippen molar-refractivity contribution < 1.29 is 0 Å². The van der Waals surface area contributed by atoms with Gasteiger partial charge in [0.1, 0.15) is 11.6 Å². The minimum Gasteiger partial charge on any atom is -0.373 e. The first-order valence-corrected chi connectivity index (χ1v) is 6.90. The molecule has 1 saturated heterocycles. The van der Waals surface area contributed by atoms with E-state index in [1.165, 1.54) is 24.1 Å². The van der Waals surface area contributed by atoms with E-state index in [9.17, 15) is 0 Å². The fourth-order valence-electron chi connectivity index (χ4n) is 2.80. The molecule has 1 unspecified atom stereocenters. The topological polar surface area (TPSA) is 61.9 Å². The molecule has 0 spiro atoms. The third-order valence-corrected chi connectivity index (χ3v) is 3.81. The van der Waals surface area contributed by atoms with E-state index < -0.39 is 0 Å². The van der Waals surface area contributed by atoms with E-state index in [2.05, 4.69) is 16.0 Å². The van der Waals surface area contributed by atoms with Crippen LogP contribution in [-0.2, 0) is 13.0 Å². The van der Waals surface area contributed by atoms with E-state index in [-0.39, 0.29) is 0 Å². The number of aromatic nitrogens is 2. The molecule has 1 atom stereocenters. The smallest absolute Gasteiger partial charge is 0.147 e. The first-order chi connectivity index (χ1) is 8.88. The number of hydrogen-bond donors (Lipinski definition) is 3. The fourth-order valence-corrected chi connectivity index (χ4v) is 2.80. The predicted molar refractivity (Wildman–Crippen MR) is 71.6 cm³/mol. The summed E-state index contributed by atoms with van der Waals surface area (Å²) >= 11 is 0. The molecule has 2 aliphatic rings. The molecule has 1 fully saturated rings. The van der Waals surface area contributed by atoms with Gasteiger partial charge >= 0.3 is 0 Å². The second-order valence-electron chi connectivity index (χ2n) is 5.03. The maximum absolute atomic E-state index is 4.79. The van der Waals surface area contributed by atoms with Gasteiger partial charge in [0, 0.05) is 32.1 Å². The van der Waals surface area contributed by atoms with Crippen LogP contribution in [0.15, 0.2) is 0 Å². The van der Waals surface area contributed by atoms with Gasteiger partial charge in [0.05, 0.1) is 11.7 Å². The second kappa shape index (κ2) is 5.20. The highest BCUT2D eigenvalue weighted by Crippen LogP contribution is 2.25. The Bertz CT molecular complexity index is 408. The van der Waals surface area contributed by atoms with Crippen LogP contribution < -0.4 is 16.0 Å². The lowest BCUT2D eigenvalue weighted by atomic mass is 10.0. The molecule has 0 amide bonds. The number of nitrogens with zero attached hydrogens (tertiary/aromatic N) is 2. The minimum absolute atomic E-state index is 0.339. The lowest BCUT2D eigenvalue weighted by Crippen LogP contribution is -2.31. The van der Waals surface area contributed by atoms with Gasteiger partial charge in [-0.2, -0.15) is 0 Å². The molecule has 18 heavy (non-hydrogen) atoms. The summed E-state index contributed by atoms with van der Waals surface area (Å²) < 4.78 is 0. The normalized spacial score (nSPS) is 23.5. The molecule has 1 aromatic rings. The molecule has 0 saturated carbocycles. The quantitative estimate of drug-likeness (QED) is 0.727. The zero-order valence-electron chi connectivity index (χ0n) is 10.9. The minimum atomic E-state index is 0.339. The zero-order valence-corrected chi connectivity index (χ0v) is 10.9. The van der Waals surface area contributed by atoms with Gasteiger partial charge in [0.2, 0.25) is 0 Å². The molecular formula is C13H21N5. The first kappa shape index (κ1) is 11.9. The summed E-state index contributed by atoms with van der Waals surface area (Å²) in [6.07, 6.45) is 4.70. The van der Waals surface area contributed by atoms with Crippen molar-refractivity contribution in [3.05, 3.63) is 17.1 Å². The zero-order chi connectivity index (χ0) is 12.4. The van der Waals surface area contributed by atoms with Crippen LogP contribution in [0.4, 0.5) is 5.82 Å². The van der Waals surface area contributed by atoms with Gasteiger partial charge in [-0.15, -0.1) is 0 Å². The Morgan fingerprint density at radius 2 is 2.17 bits per heavy atom. The van der Waals surface area contributed by atoms with E-state index in [0.717, 1.165) is 44.1 Å². The molecule has 3 N–H and O–H groups in total. The van der Waals surface area contributed by atoms with Gasteiger partial charge < -0.3 is 16.0 Å². The third kappa shape index (κ3) is 2.20. The van der Waals surface area contributed by atoms with Crippen molar-refractivity contribution in [2.75, 3.05) is 25.5 Å². The van der Waals surface area contributed by atoms with Gasteiger partial charge in [0.15, 0.2) is 0 Å². The first-order valence-electron chi connectivity index (χ1n) is 6.90. The summed E-state index contributed by atoms with van der Waals surface area (Å²) in [5, 5.41) is 10.1. The predicted octanol–water partition coefficient (Wildman–Crippen LogP) is 0.979. The number of anilines is 1. The average molecular weight is 247 g/mol. The maximum Gasteiger partial charge on any atom is 0.147 e. The van der Waals surface area contributed by atoms with Crippen LogP contribution in [0.3, 0.4) is 0 Å². The Morgan fingerprint density at radius 1 is 1.22 bits per heavy atom. The van der Waals surface area contributed by atoms with Gasteiger partial charge in [-0.3, -0.25) is 0 Å². The molecule has 0 radical (unpaired) electrons. The lowest BCUT2D eigenvalue weighted by molar-refractivity contribution is 0.395. The summed E-state index contributed by atoms with van der Waals surface area (Å²) in [4.78, 5) is 9.50. The van der Waals surface area contributed by atoms with E-state index in [4.69, 9.17) is 9.97 Å². The third-order valence-electron chi connectivity index (χ3n) is 3.81. The van der Waals surface area contributed by atoms with E-state index >= 15 is 0 Å². The van der Waals surface area contributed by atoms with Crippen LogP contribution in [0.5, 0.6) is 0 Å². The van der Waals surface area contributed by atoms with Gasteiger partial charge in [-0.05, 0) is 19.4 Å². The summed E-state index contributed by atoms with van der Waals surface area (Å²) in [6.45, 7) is 2.98. The van der Waals surface area contributed by atoms with Crippen molar-refractivity contribution in [2.24, 2.45) is 0 Å². The SMILES string of the molecule is CNc1nc(C2CCCCN2)nc2c1CNCC2. The molecule has 2 aliphatic heterocycles. The Kier molecular flexibility index (Phi) is 3.43. The van der Waals surface area contributed by atoms with E-state index in [0.29, 0.717) is 6.04 Å². The Balaban J connectivity index is 1.94. The molecular weight excluding hydrogens is 226 g/mol. The van der Waals surface area contributed by atoms with E-state index in [1.54, 1.807) is 0 Å². The van der Waals surface area contributed by atoms with Gasteiger partial charge in [0.25, 0.3) is 0 Å². The van der Waals surface area contributed by atoms with Crippen LogP contribution in [0.1, 0.15) is 42.4 Å². The van der Waals surface area contributed by atoms with Crippen LogP contribution in [0, 0.1) is 0 Å². The van der Waals surface area contributed by atoms with Crippen molar-refractivity contribution in [1.82, 2.24) is 20.6 Å². The second-order valence-corrected chi connectivity index (χ2v) is 5.03. The van der Waals surface area contributed by atoms with Crippen LogP contribution >= 0.6 is 0 Å². The molecule has 0 aromatic carbocycles. The Hall–Kier alpha value is -1.20. The lowest BCUT2D eigenvalue weighted by Gasteiger charge is -2.25. The highest BCUT2D eigenvalue weighted by molar-refractivity contribution is 5.47. The maximum atomic E-state index is 4.79. The van der Waals surface area contributed by atoms with Crippen LogP contribution in [0.2, 0.25) is 0 Å². The number of nitrogens with one attached hydrogen (secondary N) is 3. The summed E-state index contributed by atoms with van der Waals surface area (Å²) in [6, 6.07) is 0.339. The molecule has 98 valence electrons. The number of piperidine rings is 1. The number of fused-ring (bicyclic) bond motifs is 1. The fraction of sp³-hybridized carbons (Fsp3) is 0.692. The molecule has 0 aliphatic carbocycles.